The second kappa shape index (κ2) is 7.99. The van der Waals surface area contributed by atoms with Crippen molar-refractivity contribution < 1.29 is 0 Å². The van der Waals surface area contributed by atoms with Crippen molar-refractivity contribution in [3.05, 3.63) is 24.9 Å². The molecule has 96 valence electrons. The fourth-order valence-electron chi connectivity index (χ4n) is 1.92. The van der Waals surface area contributed by atoms with E-state index in [0.29, 0.717) is 11.4 Å². The average Bonchev–Trinajstić information content (AvgIpc) is 2.30. The molecule has 0 aliphatic carbocycles. The van der Waals surface area contributed by atoms with E-state index in [0.717, 1.165) is 25.7 Å². The highest BCUT2D eigenvalue weighted by Crippen LogP contribution is 2.31. The maximum absolute atomic E-state index is 8.13. The van der Waals surface area contributed by atoms with Crippen molar-refractivity contribution in [1.29, 1.82) is 5.41 Å². The molecule has 0 aromatic carbocycles. The van der Waals surface area contributed by atoms with Crippen molar-refractivity contribution in [3.8, 4) is 0 Å². The first-order chi connectivity index (χ1) is 8.02. The number of hydrogen-bond acceptors (Lipinski definition) is 2. The van der Waals surface area contributed by atoms with Crippen molar-refractivity contribution in [1.82, 2.24) is 0 Å². The lowest BCUT2D eigenvalue weighted by molar-refractivity contribution is 0.295. The molecule has 0 aromatic heterocycles. The molecule has 2 nitrogen and oxygen atoms in total. The van der Waals surface area contributed by atoms with Gasteiger partial charge in [-0.25, -0.2) is 0 Å². The second-order valence-corrected chi connectivity index (χ2v) is 4.77. The van der Waals surface area contributed by atoms with Gasteiger partial charge in [-0.15, -0.1) is 0 Å². The third kappa shape index (κ3) is 5.62. The molecule has 0 radical (unpaired) electrons. The first-order valence-electron chi connectivity index (χ1n) is 6.42. The molecule has 1 unspecified atom stereocenters. The molecule has 0 saturated heterocycles. The van der Waals surface area contributed by atoms with Gasteiger partial charge in [-0.3, -0.25) is 4.99 Å². The van der Waals surface area contributed by atoms with Gasteiger partial charge in [0.05, 0.1) is 11.4 Å². The summed E-state index contributed by atoms with van der Waals surface area (Å²) in [6.45, 7) is 12.3. The molecule has 0 saturated carbocycles. The van der Waals surface area contributed by atoms with E-state index in [-0.39, 0.29) is 5.41 Å². The van der Waals surface area contributed by atoms with Gasteiger partial charge in [0, 0.05) is 6.20 Å². The molecule has 1 N–H and O–H groups in total. The predicted molar refractivity (Wildman–Crippen MR) is 78.1 cm³/mol. The van der Waals surface area contributed by atoms with Crippen molar-refractivity contribution in [2.45, 2.75) is 53.4 Å². The Morgan fingerprint density at radius 1 is 1.41 bits per heavy atom. The summed E-state index contributed by atoms with van der Waals surface area (Å²) < 4.78 is 0. The fraction of sp³-hybridized carbons (Fsp3) is 0.600. The van der Waals surface area contributed by atoms with Crippen LogP contribution in [0.1, 0.15) is 53.4 Å². The second-order valence-electron chi connectivity index (χ2n) is 4.77. The van der Waals surface area contributed by atoms with E-state index in [2.05, 4.69) is 32.3 Å². The van der Waals surface area contributed by atoms with E-state index in [9.17, 15) is 0 Å². The summed E-state index contributed by atoms with van der Waals surface area (Å²) in [7, 11) is 0. The van der Waals surface area contributed by atoms with E-state index >= 15 is 0 Å². The maximum Gasteiger partial charge on any atom is 0.0831 e. The van der Waals surface area contributed by atoms with E-state index in [1.807, 2.05) is 13.0 Å². The van der Waals surface area contributed by atoms with Gasteiger partial charge >= 0.3 is 0 Å². The third-order valence-corrected chi connectivity index (χ3v) is 3.18. The van der Waals surface area contributed by atoms with Gasteiger partial charge < -0.3 is 5.41 Å². The summed E-state index contributed by atoms with van der Waals surface area (Å²) in [5.41, 5.74) is 1.50. The van der Waals surface area contributed by atoms with E-state index in [1.165, 1.54) is 0 Å². The summed E-state index contributed by atoms with van der Waals surface area (Å²) in [5, 5.41) is 8.13. The Balaban J connectivity index is 4.75. The number of nitrogens with zero attached hydrogens (tertiary/aromatic N) is 1. The molecule has 0 fully saturated rings. The summed E-state index contributed by atoms with van der Waals surface area (Å²) in [4.78, 5) is 4.23. The third-order valence-electron chi connectivity index (χ3n) is 3.18. The van der Waals surface area contributed by atoms with Crippen molar-refractivity contribution in [3.63, 3.8) is 0 Å². The molecular formula is C15H26N2. The molecule has 0 bridgehead atoms. The molecule has 17 heavy (non-hydrogen) atoms. The zero-order chi connectivity index (χ0) is 13.3. The van der Waals surface area contributed by atoms with Crippen LogP contribution in [0.3, 0.4) is 0 Å². The van der Waals surface area contributed by atoms with Crippen LogP contribution in [0.25, 0.3) is 0 Å². The molecule has 0 heterocycles. The Hall–Kier alpha value is -1.18. The average molecular weight is 234 g/mol. The molecule has 0 spiro atoms. The van der Waals surface area contributed by atoms with E-state index in [1.54, 1.807) is 12.3 Å². The highest BCUT2D eigenvalue weighted by Gasteiger charge is 2.23. The number of aliphatic imine (C=N–C) groups is 1. The Labute approximate surface area is 106 Å². The van der Waals surface area contributed by atoms with Crippen LogP contribution < -0.4 is 0 Å². The van der Waals surface area contributed by atoms with Gasteiger partial charge in [-0.05, 0) is 31.3 Å². The zero-order valence-corrected chi connectivity index (χ0v) is 11.7. The highest BCUT2D eigenvalue weighted by molar-refractivity contribution is 6.45. The van der Waals surface area contributed by atoms with Crippen LogP contribution in [0.5, 0.6) is 0 Å². The molecule has 0 rings (SSSR count). The van der Waals surface area contributed by atoms with Crippen molar-refractivity contribution in [2.75, 3.05) is 0 Å². The van der Waals surface area contributed by atoms with Crippen LogP contribution in [0.15, 0.2) is 29.9 Å². The Kier molecular flexibility index (Phi) is 7.44. The van der Waals surface area contributed by atoms with Gasteiger partial charge in [-0.1, -0.05) is 46.3 Å². The maximum atomic E-state index is 8.13. The summed E-state index contributed by atoms with van der Waals surface area (Å²) in [5.74, 6) is 0. The molecule has 1 atom stereocenters. The number of hydrogen-bond donors (Lipinski definition) is 1. The minimum absolute atomic E-state index is 0.214. The smallest absolute Gasteiger partial charge is 0.0831 e. The molecule has 2 heteroatoms. The summed E-state index contributed by atoms with van der Waals surface area (Å²) >= 11 is 0. The Bertz CT molecular complexity index is 313. The van der Waals surface area contributed by atoms with Crippen LogP contribution >= 0.6 is 0 Å². The minimum Gasteiger partial charge on any atom is -0.303 e. The standard InChI is InChI=1S/C15H26N2/c1-6-10-15(5,9-4)12-13(16)14(8-3)17-11-7-2/h7-8,11,16H,3,6,9-10,12H2,1-2,4-5H3/b11-7-,16-13?,17-14+. The molecule has 0 aliphatic rings. The quantitative estimate of drug-likeness (QED) is 0.587. The van der Waals surface area contributed by atoms with Gasteiger partial charge in [0.1, 0.15) is 0 Å². The number of allylic oxidation sites excluding steroid dienone is 2. The molecule has 0 aliphatic heterocycles. The molecular weight excluding hydrogens is 208 g/mol. The van der Waals surface area contributed by atoms with Gasteiger partial charge in [0.25, 0.3) is 0 Å². The van der Waals surface area contributed by atoms with E-state index < -0.39 is 0 Å². The topological polar surface area (TPSA) is 36.2 Å². The van der Waals surface area contributed by atoms with Crippen LogP contribution in [-0.4, -0.2) is 11.4 Å². The van der Waals surface area contributed by atoms with Crippen LogP contribution in [0.4, 0.5) is 0 Å². The Morgan fingerprint density at radius 2 is 2.06 bits per heavy atom. The van der Waals surface area contributed by atoms with Crippen LogP contribution in [0.2, 0.25) is 0 Å². The number of nitrogens with one attached hydrogen (secondary N) is 1. The number of rotatable bonds is 8. The highest BCUT2D eigenvalue weighted by atomic mass is 14.7. The van der Waals surface area contributed by atoms with Crippen LogP contribution in [0, 0.1) is 10.8 Å². The van der Waals surface area contributed by atoms with Crippen molar-refractivity contribution in [2.24, 2.45) is 10.4 Å². The van der Waals surface area contributed by atoms with Crippen molar-refractivity contribution >= 4 is 11.4 Å². The normalized spacial score (nSPS) is 15.9. The largest absolute Gasteiger partial charge is 0.303 e. The summed E-state index contributed by atoms with van der Waals surface area (Å²) in [6, 6.07) is 0. The van der Waals surface area contributed by atoms with Gasteiger partial charge in [0.2, 0.25) is 0 Å². The SMILES string of the molecule is C=C/C(=N\C=C/C)C(=N)CC(C)(CC)CCC. The summed E-state index contributed by atoms with van der Waals surface area (Å²) in [6.07, 6.45) is 9.44. The van der Waals surface area contributed by atoms with Gasteiger partial charge in [-0.2, -0.15) is 0 Å². The molecule has 0 amide bonds. The van der Waals surface area contributed by atoms with Crippen LogP contribution in [-0.2, 0) is 0 Å². The zero-order valence-electron chi connectivity index (χ0n) is 11.7. The molecule has 0 aromatic rings. The van der Waals surface area contributed by atoms with Gasteiger partial charge in [0.15, 0.2) is 0 Å². The lowest BCUT2D eigenvalue weighted by Crippen LogP contribution is -2.23. The monoisotopic (exact) mass is 234 g/mol. The lowest BCUT2D eigenvalue weighted by atomic mass is 9.77. The fourth-order valence-corrected chi connectivity index (χ4v) is 1.92. The minimum atomic E-state index is 0.214. The van der Waals surface area contributed by atoms with E-state index in [4.69, 9.17) is 5.41 Å². The predicted octanol–water partition coefficient (Wildman–Crippen LogP) is 4.77. The first kappa shape index (κ1) is 15.8. The lowest BCUT2D eigenvalue weighted by Gasteiger charge is -2.28. The first-order valence-corrected chi connectivity index (χ1v) is 6.42. The Morgan fingerprint density at radius 3 is 2.47 bits per heavy atom.